The van der Waals surface area contributed by atoms with E-state index in [9.17, 15) is 0 Å². The molecule has 20 heavy (non-hydrogen) atoms. The van der Waals surface area contributed by atoms with Gasteiger partial charge in [0.15, 0.2) is 5.96 Å². The van der Waals surface area contributed by atoms with Crippen molar-refractivity contribution in [2.45, 2.75) is 40.0 Å². The fourth-order valence-corrected chi connectivity index (χ4v) is 2.63. The summed E-state index contributed by atoms with van der Waals surface area (Å²) in [6.07, 6.45) is 5.29. The Labute approximate surface area is 143 Å². The number of nitrogens with one attached hydrogen (secondary N) is 2. The molecule has 0 spiro atoms. The second-order valence-electron chi connectivity index (χ2n) is 4.68. The number of thiazole rings is 1. The zero-order valence-electron chi connectivity index (χ0n) is 12.9. The van der Waals surface area contributed by atoms with Crippen LogP contribution in [-0.2, 0) is 6.42 Å². The minimum Gasteiger partial charge on any atom is -0.356 e. The Kier molecular flexibility index (Phi) is 11.1. The lowest BCUT2D eigenvalue weighted by molar-refractivity contribution is 0.481. The molecule has 0 atom stereocenters. The van der Waals surface area contributed by atoms with Crippen LogP contribution in [0.15, 0.2) is 11.2 Å². The summed E-state index contributed by atoms with van der Waals surface area (Å²) in [5.74, 6) is 1.61. The molecule has 1 rings (SSSR count). The fraction of sp³-hybridized carbons (Fsp3) is 0.714. The zero-order chi connectivity index (χ0) is 14.1. The van der Waals surface area contributed by atoms with Gasteiger partial charge in [0.25, 0.3) is 0 Å². The van der Waals surface area contributed by atoms with Crippen molar-refractivity contribution in [1.82, 2.24) is 15.6 Å². The SMILES string of the molecule is CCC(CC)CNC(=NC)NCCc1ncc(C)s1.I. The number of nitrogens with zero attached hydrogens (tertiary/aromatic N) is 2. The lowest BCUT2D eigenvalue weighted by Crippen LogP contribution is -2.40. The van der Waals surface area contributed by atoms with Crippen LogP contribution in [0.5, 0.6) is 0 Å². The van der Waals surface area contributed by atoms with Gasteiger partial charge in [0.2, 0.25) is 0 Å². The molecule has 0 saturated carbocycles. The first-order chi connectivity index (χ1) is 9.19. The van der Waals surface area contributed by atoms with Crippen molar-refractivity contribution in [2.24, 2.45) is 10.9 Å². The van der Waals surface area contributed by atoms with E-state index in [1.165, 1.54) is 22.7 Å². The van der Waals surface area contributed by atoms with Crippen molar-refractivity contribution < 1.29 is 0 Å². The molecule has 0 bridgehead atoms. The zero-order valence-corrected chi connectivity index (χ0v) is 16.0. The summed E-state index contributed by atoms with van der Waals surface area (Å²) in [4.78, 5) is 9.87. The molecule has 0 saturated heterocycles. The second-order valence-corrected chi connectivity index (χ2v) is 6.00. The Hall–Kier alpha value is -0.370. The Morgan fingerprint density at radius 1 is 1.35 bits per heavy atom. The Balaban J connectivity index is 0.00000361. The van der Waals surface area contributed by atoms with Crippen LogP contribution in [0, 0.1) is 12.8 Å². The van der Waals surface area contributed by atoms with Crippen LogP contribution in [0.25, 0.3) is 0 Å². The molecule has 0 unspecified atom stereocenters. The summed E-state index contributed by atoms with van der Waals surface area (Å²) in [6.45, 7) is 8.41. The van der Waals surface area contributed by atoms with Crippen LogP contribution in [0.4, 0.5) is 0 Å². The van der Waals surface area contributed by atoms with Gasteiger partial charge in [-0.15, -0.1) is 35.3 Å². The molecule has 1 aromatic heterocycles. The summed E-state index contributed by atoms with van der Waals surface area (Å²) in [6, 6.07) is 0. The van der Waals surface area contributed by atoms with Gasteiger partial charge in [-0.05, 0) is 12.8 Å². The third kappa shape index (κ3) is 7.42. The van der Waals surface area contributed by atoms with E-state index in [1.54, 1.807) is 11.3 Å². The average molecular weight is 410 g/mol. The number of hydrogen-bond acceptors (Lipinski definition) is 3. The third-order valence-electron chi connectivity index (χ3n) is 3.24. The molecule has 2 N–H and O–H groups in total. The Morgan fingerprint density at radius 2 is 2.05 bits per heavy atom. The molecule has 116 valence electrons. The first kappa shape index (κ1) is 19.6. The van der Waals surface area contributed by atoms with Crippen molar-refractivity contribution in [1.29, 1.82) is 0 Å². The highest BCUT2D eigenvalue weighted by Gasteiger charge is 2.05. The minimum absolute atomic E-state index is 0. The predicted molar refractivity (Wildman–Crippen MR) is 99.4 cm³/mol. The van der Waals surface area contributed by atoms with E-state index in [0.717, 1.165) is 31.4 Å². The maximum Gasteiger partial charge on any atom is 0.190 e. The van der Waals surface area contributed by atoms with E-state index in [0.29, 0.717) is 0 Å². The monoisotopic (exact) mass is 410 g/mol. The molecule has 4 nitrogen and oxygen atoms in total. The summed E-state index contributed by atoms with van der Waals surface area (Å²) in [5, 5.41) is 7.90. The number of hydrogen-bond donors (Lipinski definition) is 2. The van der Waals surface area contributed by atoms with Gasteiger partial charge in [-0.25, -0.2) is 4.98 Å². The normalized spacial score (nSPS) is 11.3. The van der Waals surface area contributed by atoms with Crippen LogP contribution in [0.2, 0.25) is 0 Å². The summed E-state index contributed by atoms with van der Waals surface area (Å²) < 4.78 is 0. The Morgan fingerprint density at radius 3 is 2.55 bits per heavy atom. The quantitative estimate of drug-likeness (QED) is 0.412. The van der Waals surface area contributed by atoms with Gasteiger partial charge >= 0.3 is 0 Å². The van der Waals surface area contributed by atoms with Crippen molar-refractivity contribution >= 4 is 41.3 Å². The maximum atomic E-state index is 4.36. The topological polar surface area (TPSA) is 49.3 Å². The molecule has 0 aliphatic rings. The molecule has 0 aromatic carbocycles. The molecule has 1 heterocycles. The highest BCUT2D eigenvalue weighted by molar-refractivity contribution is 14.0. The number of aromatic nitrogens is 1. The second kappa shape index (κ2) is 11.3. The number of aryl methyl sites for hydroxylation is 1. The lowest BCUT2D eigenvalue weighted by atomic mass is 10.0. The van der Waals surface area contributed by atoms with Crippen molar-refractivity contribution in [3.05, 3.63) is 16.1 Å². The molecule has 0 radical (unpaired) electrons. The third-order valence-corrected chi connectivity index (χ3v) is 4.21. The fourth-order valence-electron chi connectivity index (χ4n) is 1.84. The van der Waals surface area contributed by atoms with Crippen molar-refractivity contribution in [3.63, 3.8) is 0 Å². The highest BCUT2D eigenvalue weighted by atomic mass is 127. The number of rotatable bonds is 7. The largest absolute Gasteiger partial charge is 0.356 e. The summed E-state index contributed by atoms with van der Waals surface area (Å²) >= 11 is 1.76. The molecular weight excluding hydrogens is 383 g/mol. The van der Waals surface area contributed by atoms with Gasteiger partial charge in [0.05, 0.1) is 5.01 Å². The predicted octanol–water partition coefficient (Wildman–Crippen LogP) is 3.21. The van der Waals surface area contributed by atoms with Crippen LogP contribution in [-0.4, -0.2) is 31.1 Å². The van der Waals surface area contributed by atoms with E-state index >= 15 is 0 Å². The maximum absolute atomic E-state index is 4.36. The smallest absolute Gasteiger partial charge is 0.190 e. The van der Waals surface area contributed by atoms with Gasteiger partial charge < -0.3 is 10.6 Å². The van der Waals surface area contributed by atoms with Crippen molar-refractivity contribution in [3.8, 4) is 0 Å². The van der Waals surface area contributed by atoms with Gasteiger partial charge in [0.1, 0.15) is 0 Å². The molecule has 0 aliphatic carbocycles. The summed E-state index contributed by atoms with van der Waals surface area (Å²) in [5.41, 5.74) is 0. The molecule has 0 fully saturated rings. The standard InChI is InChI=1S/C14H26N4S.HI/c1-5-12(6-2)10-18-14(15-4)16-8-7-13-17-9-11(3)19-13;/h9,12H,5-8,10H2,1-4H3,(H2,15,16,18);1H. The number of halogens is 1. The molecular formula is C14H27IN4S. The van der Waals surface area contributed by atoms with Crippen LogP contribution < -0.4 is 10.6 Å². The van der Waals surface area contributed by atoms with E-state index in [-0.39, 0.29) is 24.0 Å². The summed E-state index contributed by atoms with van der Waals surface area (Å²) in [7, 11) is 1.82. The van der Waals surface area contributed by atoms with Crippen LogP contribution >= 0.6 is 35.3 Å². The van der Waals surface area contributed by atoms with Gasteiger partial charge in [-0.2, -0.15) is 0 Å². The van der Waals surface area contributed by atoms with Gasteiger partial charge in [-0.3, -0.25) is 4.99 Å². The highest BCUT2D eigenvalue weighted by Crippen LogP contribution is 2.10. The number of guanidine groups is 1. The molecule has 6 heteroatoms. The average Bonchev–Trinajstić information content (AvgIpc) is 2.83. The van der Waals surface area contributed by atoms with E-state index in [4.69, 9.17) is 0 Å². The Bertz CT molecular complexity index is 388. The first-order valence-corrected chi connectivity index (χ1v) is 7.87. The minimum atomic E-state index is 0. The van der Waals surface area contributed by atoms with Crippen molar-refractivity contribution in [2.75, 3.05) is 20.1 Å². The van der Waals surface area contributed by atoms with Gasteiger partial charge in [-0.1, -0.05) is 26.7 Å². The van der Waals surface area contributed by atoms with Crippen LogP contribution in [0.1, 0.15) is 36.6 Å². The van der Waals surface area contributed by atoms with E-state index in [1.807, 2.05) is 13.2 Å². The molecule has 0 amide bonds. The first-order valence-electron chi connectivity index (χ1n) is 7.05. The molecule has 1 aromatic rings. The van der Waals surface area contributed by atoms with Gasteiger partial charge in [0, 0.05) is 37.6 Å². The van der Waals surface area contributed by atoms with Crippen LogP contribution in [0.3, 0.4) is 0 Å². The van der Waals surface area contributed by atoms with E-state index < -0.39 is 0 Å². The molecule has 0 aliphatic heterocycles. The van der Waals surface area contributed by atoms with E-state index in [2.05, 4.69) is 41.4 Å². The lowest BCUT2D eigenvalue weighted by Gasteiger charge is -2.16. The number of aliphatic imine (C=N–C) groups is 1.